The van der Waals surface area contributed by atoms with Crippen molar-refractivity contribution in [2.75, 3.05) is 50.8 Å². The minimum absolute atomic E-state index is 0.0906. The molecule has 3 aromatic rings. The maximum atomic E-state index is 13.6. The van der Waals surface area contributed by atoms with Gasteiger partial charge in [-0.15, -0.1) is 0 Å². The summed E-state index contributed by atoms with van der Waals surface area (Å²) in [6.45, 7) is 4.63. The molecule has 2 saturated heterocycles. The first kappa shape index (κ1) is 26.5. The highest BCUT2D eigenvalue weighted by molar-refractivity contribution is 6.30. The van der Waals surface area contributed by atoms with Crippen molar-refractivity contribution in [3.63, 3.8) is 0 Å². The molecule has 0 saturated carbocycles. The summed E-state index contributed by atoms with van der Waals surface area (Å²) in [4.78, 5) is 26.0. The van der Waals surface area contributed by atoms with Crippen LogP contribution in [0, 0.1) is 0 Å². The van der Waals surface area contributed by atoms with Gasteiger partial charge in [-0.2, -0.15) is 13.2 Å². The van der Waals surface area contributed by atoms with Gasteiger partial charge in [-0.05, 0) is 49.4 Å². The van der Waals surface area contributed by atoms with Gasteiger partial charge in [0.2, 0.25) is 5.82 Å². The Morgan fingerprint density at radius 3 is 2.45 bits per heavy atom. The monoisotopic (exact) mass is 549 g/mol. The second kappa shape index (κ2) is 10.5. The third kappa shape index (κ3) is 5.36. The molecular weight excluding hydrogens is 523 g/mol. The van der Waals surface area contributed by atoms with Crippen LogP contribution in [0.5, 0.6) is 5.75 Å². The lowest BCUT2D eigenvalue weighted by molar-refractivity contribution is -0.144. The van der Waals surface area contributed by atoms with E-state index in [1.54, 1.807) is 46.2 Å². The van der Waals surface area contributed by atoms with Crippen molar-refractivity contribution in [1.82, 2.24) is 19.8 Å². The zero-order chi connectivity index (χ0) is 27.0. The number of carbonyl (C=O) groups excluding carboxylic acids is 1. The molecule has 2 unspecified atom stereocenters. The van der Waals surface area contributed by atoms with E-state index in [0.717, 1.165) is 0 Å². The highest BCUT2D eigenvalue weighted by atomic mass is 35.5. The molecule has 12 heteroatoms. The Kier molecular flexibility index (Phi) is 7.34. The van der Waals surface area contributed by atoms with Crippen LogP contribution in [0.1, 0.15) is 23.1 Å². The van der Waals surface area contributed by atoms with Crippen LogP contribution in [0.2, 0.25) is 5.02 Å². The molecular formula is C26H27ClF3N5O3. The van der Waals surface area contributed by atoms with E-state index < -0.39 is 18.1 Å². The molecule has 1 amide bonds. The van der Waals surface area contributed by atoms with Crippen LogP contribution in [0.15, 0.2) is 42.5 Å². The van der Waals surface area contributed by atoms with Gasteiger partial charge in [-0.3, -0.25) is 9.69 Å². The van der Waals surface area contributed by atoms with Gasteiger partial charge in [0.1, 0.15) is 11.6 Å². The summed E-state index contributed by atoms with van der Waals surface area (Å²) in [5.74, 6) is -0.701. The lowest BCUT2D eigenvalue weighted by atomic mass is 10.1. The van der Waals surface area contributed by atoms with E-state index in [0.29, 0.717) is 54.5 Å². The van der Waals surface area contributed by atoms with Gasteiger partial charge >= 0.3 is 6.18 Å². The Labute approximate surface area is 222 Å². The van der Waals surface area contributed by atoms with Crippen molar-refractivity contribution in [2.45, 2.75) is 25.2 Å². The maximum absolute atomic E-state index is 13.6. The van der Waals surface area contributed by atoms with Gasteiger partial charge in [-0.1, -0.05) is 11.6 Å². The number of benzene rings is 2. The lowest BCUT2D eigenvalue weighted by Crippen LogP contribution is -2.54. The molecule has 2 aliphatic rings. The quantitative estimate of drug-likeness (QED) is 0.519. The second-order valence-electron chi connectivity index (χ2n) is 9.36. The number of aliphatic hydroxyl groups excluding tert-OH is 1. The molecule has 0 aliphatic carbocycles. The molecule has 38 heavy (non-hydrogen) atoms. The number of ether oxygens (including phenoxy) is 1. The van der Waals surface area contributed by atoms with E-state index in [9.17, 15) is 23.1 Å². The van der Waals surface area contributed by atoms with Crippen molar-refractivity contribution in [2.24, 2.45) is 0 Å². The SMILES string of the molecule is CCOc1ccc2nc(C(F)(F)F)nc(N3CC(O)C(N4CCN(C(=O)c5ccc(Cl)cc5)CC4)C3)c2c1. The average molecular weight is 550 g/mol. The Balaban J connectivity index is 1.34. The zero-order valence-electron chi connectivity index (χ0n) is 20.7. The van der Waals surface area contributed by atoms with E-state index in [1.165, 1.54) is 6.07 Å². The fourth-order valence-electron chi connectivity index (χ4n) is 5.05. The third-order valence-corrected chi connectivity index (χ3v) is 7.18. The van der Waals surface area contributed by atoms with Crippen LogP contribution in [-0.4, -0.2) is 88.8 Å². The largest absolute Gasteiger partial charge is 0.494 e. The molecule has 5 rings (SSSR count). The van der Waals surface area contributed by atoms with Crippen molar-refractivity contribution in [3.8, 4) is 5.75 Å². The molecule has 202 valence electrons. The number of carbonyl (C=O) groups is 1. The molecule has 0 radical (unpaired) electrons. The molecule has 0 spiro atoms. The Bertz CT molecular complexity index is 1320. The van der Waals surface area contributed by atoms with E-state index >= 15 is 0 Å². The van der Waals surface area contributed by atoms with E-state index in [-0.39, 0.29) is 36.4 Å². The van der Waals surface area contributed by atoms with Gasteiger partial charge in [0.15, 0.2) is 0 Å². The summed E-state index contributed by atoms with van der Waals surface area (Å²) in [7, 11) is 0. The van der Waals surface area contributed by atoms with Crippen LogP contribution in [-0.2, 0) is 6.18 Å². The number of nitrogens with zero attached hydrogens (tertiary/aromatic N) is 5. The van der Waals surface area contributed by atoms with Gasteiger partial charge in [0.05, 0.1) is 24.3 Å². The van der Waals surface area contributed by atoms with Gasteiger partial charge in [0.25, 0.3) is 5.91 Å². The summed E-state index contributed by atoms with van der Waals surface area (Å²) in [6.07, 6.45) is -5.52. The molecule has 8 nitrogen and oxygen atoms in total. The number of aliphatic hydroxyl groups is 1. The molecule has 2 aromatic carbocycles. The van der Waals surface area contributed by atoms with Gasteiger partial charge < -0.3 is 19.6 Å². The topological polar surface area (TPSA) is 82.0 Å². The summed E-state index contributed by atoms with van der Waals surface area (Å²) in [5, 5.41) is 11.9. The second-order valence-corrected chi connectivity index (χ2v) is 9.79. The third-order valence-electron chi connectivity index (χ3n) is 6.93. The van der Waals surface area contributed by atoms with Crippen LogP contribution >= 0.6 is 11.6 Å². The van der Waals surface area contributed by atoms with Crippen molar-refractivity contribution < 1.29 is 27.8 Å². The number of β-amino-alcohol motifs (C(OH)–C–C–N with tert-alkyl or cyclic N) is 1. The van der Waals surface area contributed by atoms with Crippen LogP contribution < -0.4 is 9.64 Å². The predicted octanol–water partition coefficient (Wildman–Crippen LogP) is 3.71. The minimum Gasteiger partial charge on any atom is -0.494 e. The fourth-order valence-corrected chi connectivity index (χ4v) is 5.17. The minimum atomic E-state index is -4.72. The zero-order valence-corrected chi connectivity index (χ0v) is 21.4. The highest BCUT2D eigenvalue weighted by Gasteiger charge is 2.40. The number of fused-ring (bicyclic) bond motifs is 1. The number of hydrogen-bond donors (Lipinski definition) is 1. The fraction of sp³-hybridized carbons (Fsp3) is 0.423. The van der Waals surface area contributed by atoms with E-state index in [2.05, 4.69) is 14.9 Å². The molecule has 2 aliphatic heterocycles. The Hall–Kier alpha value is -3.15. The average Bonchev–Trinajstić information content (AvgIpc) is 3.29. The molecule has 0 bridgehead atoms. The first-order valence-corrected chi connectivity index (χ1v) is 12.8. The summed E-state index contributed by atoms with van der Waals surface area (Å²) >= 11 is 5.92. The number of hydrogen-bond acceptors (Lipinski definition) is 7. The molecule has 1 aromatic heterocycles. The normalized spacial score (nSPS) is 20.8. The standard InChI is InChI=1S/C26H27ClF3N5O3/c1-2-38-18-7-8-20-19(13-18)23(32-25(31-20)26(28,29)30)35-14-21(22(36)15-35)33-9-11-34(12-10-33)24(37)16-3-5-17(27)6-4-16/h3-8,13,21-22,36H,2,9-12,14-15H2,1H3. The van der Waals surface area contributed by atoms with Gasteiger partial charge in [0, 0.05) is 55.2 Å². The first-order valence-electron chi connectivity index (χ1n) is 12.4. The predicted molar refractivity (Wildman–Crippen MR) is 137 cm³/mol. The number of rotatable bonds is 5. The van der Waals surface area contributed by atoms with Crippen molar-refractivity contribution in [3.05, 3.63) is 58.9 Å². The molecule has 2 atom stereocenters. The Morgan fingerprint density at radius 2 is 1.79 bits per heavy atom. The first-order chi connectivity index (χ1) is 18.1. The lowest BCUT2D eigenvalue weighted by Gasteiger charge is -2.38. The van der Waals surface area contributed by atoms with Crippen molar-refractivity contribution >= 4 is 34.2 Å². The number of halogens is 4. The molecule has 1 N–H and O–H groups in total. The van der Waals surface area contributed by atoms with Crippen LogP contribution in [0.25, 0.3) is 10.9 Å². The smallest absolute Gasteiger partial charge is 0.451 e. The number of anilines is 1. The highest BCUT2D eigenvalue weighted by Crippen LogP contribution is 2.35. The number of alkyl halides is 3. The number of aromatic nitrogens is 2. The molecule has 2 fully saturated rings. The summed E-state index contributed by atoms with van der Waals surface area (Å²) in [6, 6.07) is 11.1. The van der Waals surface area contributed by atoms with Crippen LogP contribution in [0.4, 0.5) is 19.0 Å². The maximum Gasteiger partial charge on any atom is 0.451 e. The number of amides is 1. The summed E-state index contributed by atoms with van der Waals surface area (Å²) in [5.41, 5.74) is 0.704. The van der Waals surface area contributed by atoms with Gasteiger partial charge in [-0.25, -0.2) is 9.97 Å². The molecule has 3 heterocycles. The summed E-state index contributed by atoms with van der Waals surface area (Å²) < 4.78 is 46.4. The number of piperazine rings is 1. The van der Waals surface area contributed by atoms with E-state index in [1.807, 2.05) is 6.92 Å². The Morgan fingerprint density at radius 1 is 1.08 bits per heavy atom. The van der Waals surface area contributed by atoms with Crippen LogP contribution in [0.3, 0.4) is 0 Å². The van der Waals surface area contributed by atoms with Crippen molar-refractivity contribution in [1.29, 1.82) is 0 Å². The van der Waals surface area contributed by atoms with E-state index in [4.69, 9.17) is 16.3 Å².